The molecule has 2 aromatic carbocycles. The van der Waals surface area contributed by atoms with Gasteiger partial charge in [0.25, 0.3) is 11.8 Å². The van der Waals surface area contributed by atoms with E-state index >= 15 is 0 Å². The largest absolute Gasteiger partial charge is 0.456 e. The molecule has 0 unspecified atom stereocenters. The molecule has 7 heteroatoms. The highest BCUT2D eigenvalue weighted by molar-refractivity contribution is 7.09. The zero-order valence-corrected chi connectivity index (χ0v) is 16.6. The summed E-state index contributed by atoms with van der Waals surface area (Å²) in [7, 11) is 0. The number of hydrogen-bond acceptors (Lipinski definition) is 6. The van der Waals surface area contributed by atoms with Crippen molar-refractivity contribution in [3.05, 3.63) is 86.9 Å². The van der Waals surface area contributed by atoms with E-state index < -0.39 is 11.9 Å². The van der Waals surface area contributed by atoms with Gasteiger partial charge in [0.2, 0.25) is 0 Å². The Balaban J connectivity index is 1.48. The average Bonchev–Trinajstić information content (AvgIpc) is 3.31. The van der Waals surface area contributed by atoms with Gasteiger partial charge in [-0.15, -0.1) is 11.3 Å². The van der Waals surface area contributed by atoms with Crippen LogP contribution in [0, 0.1) is 0 Å². The molecule has 4 rings (SSSR count). The lowest BCUT2D eigenvalue weighted by Crippen LogP contribution is -2.29. The smallest absolute Gasteiger partial charge is 0.338 e. The normalized spacial score (nSPS) is 12.9. The highest BCUT2D eigenvalue weighted by Gasteiger charge is 2.36. The van der Waals surface area contributed by atoms with Crippen LogP contribution in [0.5, 0.6) is 0 Å². The first-order valence-corrected chi connectivity index (χ1v) is 10.1. The summed E-state index contributed by atoms with van der Waals surface area (Å²) in [5.74, 6) is -1.32. The summed E-state index contributed by atoms with van der Waals surface area (Å²) >= 11 is 1.52. The quantitative estimate of drug-likeness (QED) is 0.459. The molecule has 0 aliphatic carbocycles. The number of hydrogen-bond donors (Lipinski definition) is 0. The predicted molar refractivity (Wildman–Crippen MR) is 108 cm³/mol. The fourth-order valence-electron chi connectivity index (χ4n) is 3.13. The van der Waals surface area contributed by atoms with E-state index in [2.05, 4.69) is 4.98 Å². The number of thiazole rings is 1. The Hall–Kier alpha value is -3.32. The molecular weight excluding hydrogens is 388 g/mol. The van der Waals surface area contributed by atoms with Gasteiger partial charge in [-0.3, -0.25) is 14.5 Å². The maximum atomic E-state index is 12.7. The first kappa shape index (κ1) is 19.0. The van der Waals surface area contributed by atoms with Crippen molar-refractivity contribution in [2.75, 3.05) is 0 Å². The average molecular weight is 406 g/mol. The molecule has 0 saturated heterocycles. The fourth-order valence-corrected chi connectivity index (χ4v) is 3.86. The molecule has 0 N–H and O–H groups in total. The molecule has 3 aromatic rings. The Labute approximate surface area is 171 Å². The van der Waals surface area contributed by atoms with Crippen LogP contribution in [0.4, 0.5) is 0 Å². The van der Waals surface area contributed by atoms with Crippen LogP contribution in [0.1, 0.15) is 54.3 Å². The van der Waals surface area contributed by atoms with Crippen molar-refractivity contribution in [3.63, 3.8) is 0 Å². The first-order chi connectivity index (χ1) is 14.1. The third-order valence-electron chi connectivity index (χ3n) is 4.64. The van der Waals surface area contributed by atoms with Gasteiger partial charge in [0, 0.05) is 5.38 Å². The molecule has 0 spiro atoms. The minimum absolute atomic E-state index is 0.0689. The molecule has 1 aliphatic heterocycles. The number of benzene rings is 2. The second-order valence-corrected chi connectivity index (χ2v) is 7.55. The van der Waals surface area contributed by atoms with E-state index in [1.165, 1.54) is 34.4 Å². The van der Waals surface area contributed by atoms with Crippen LogP contribution < -0.4 is 0 Å². The monoisotopic (exact) mass is 406 g/mol. The van der Waals surface area contributed by atoms with Crippen LogP contribution in [-0.2, 0) is 24.3 Å². The third kappa shape index (κ3) is 3.82. The second-order valence-electron chi connectivity index (χ2n) is 6.60. The van der Waals surface area contributed by atoms with Crippen molar-refractivity contribution in [2.24, 2.45) is 0 Å². The summed E-state index contributed by atoms with van der Waals surface area (Å²) in [6, 6.07) is 13.7. The lowest BCUT2D eigenvalue weighted by Gasteiger charge is -2.13. The van der Waals surface area contributed by atoms with E-state index in [1.807, 2.05) is 42.6 Å². The molecule has 0 saturated carbocycles. The van der Waals surface area contributed by atoms with Gasteiger partial charge in [0.05, 0.1) is 33.9 Å². The number of aryl methyl sites for hydroxylation is 1. The maximum absolute atomic E-state index is 12.7. The van der Waals surface area contributed by atoms with Crippen molar-refractivity contribution in [3.8, 4) is 0 Å². The molecule has 146 valence electrons. The predicted octanol–water partition coefficient (Wildman–Crippen LogP) is 3.86. The standard InChI is InChI=1S/C22H18N2O4S/c1-2-19-23-16(13-29-19)12-28-22(27)15-8-9-17-18(10-15)21(26)24(20(17)25)11-14-6-4-3-5-7-14/h3-10,13H,2,11-12H2,1H3. The van der Waals surface area contributed by atoms with Crippen LogP contribution in [0.15, 0.2) is 53.9 Å². The van der Waals surface area contributed by atoms with Gasteiger partial charge >= 0.3 is 5.97 Å². The van der Waals surface area contributed by atoms with Gasteiger partial charge in [-0.2, -0.15) is 0 Å². The van der Waals surface area contributed by atoms with Crippen LogP contribution in [0.2, 0.25) is 0 Å². The number of carbonyl (C=O) groups excluding carboxylic acids is 3. The lowest BCUT2D eigenvalue weighted by molar-refractivity contribution is 0.0468. The molecule has 6 nitrogen and oxygen atoms in total. The van der Waals surface area contributed by atoms with Gasteiger partial charge in [0.15, 0.2) is 0 Å². The van der Waals surface area contributed by atoms with Gasteiger partial charge < -0.3 is 4.74 Å². The van der Waals surface area contributed by atoms with Gasteiger partial charge in [-0.05, 0) is 30.2 Å². The van der Waals surface area contributed by atoms with Crippen molar-refractivity contribution in [2.45, 2.75) is 26.5 Å². The molecule has 1 aromatic heterocycles. The molecule has 1 aliphatic rings. The number of aromatic nitrogens is 1. The highest BCUT2D eigenvalue weighted by atomic mass is 32.1. The van der Waals surface area contributed by atoms with Crippen molar-refractivity contribution in [1.29, 1.82) is 0 Å². The molecule has 0 atom stereocenters. The van der Waals surface area contributed by atoms with Crippen LogP contribution >= 0.6 is 11.3 Å². The van der Waals surface area contributed by atoms with Gasteiger partial charge in [0.1, 0.15) is 6.61 Å². The first-order valence-electron chi connectivity index (χ1n) is 9.21. The van der Waals surface area contributed by atoms with E-state index in [9.17, 15) is 14.4 Å². The summed E-state index contributed by atoms with van der Waals surface area (Å²) in [5.41, 5.74) is 2.31. The highest BCUT2D eigenvalue weighted by Crippen LogP contribution is 2.26. The summed E-state index contributed by atoms with van der Waals surface area (Å²) in [6.45, 7) is 2.27. The Morgan fingerprint density at radius 2 is 1.83 bits per heavy atom. The second kappa shape index (κ2) is 7.97. The number of carbonyl (C=O) groups is 3. The molecule has 29 heavy (non-hydrogen) atoms. The Morgan fingerprint density at radius 3 is 2.55 bits per heavy atom. The SMILES string of the molecule is CCc1nc(COC(=O)c2ccc3c(c2)C(=O)N(Cc2ccccc2)C3=O)cs1. The number of fused-ring (bicyclic) bond motifs is 1. The van der Waals surface area contributed by atoms with Crippen molar-refractivity contribution < 1.29 is 19.1 Å². The molecular formula is C22H18N2O4S. The van der Waals surface area contributed by atoms with Crippen molar-refractivity contribution in [1.82, 2.24) is 9.88 Å². The maximum Gasteiger partial charge on any atom is 0.338 e. The Morgan fingerprint density at radius 1 is 1.07 bits per heavy atom. The molecule has 0 fully saturated rings. The van der Waals surface area contributed by atoms with E-state index in [0.717, 1.165) is 17.0 Å². The minimum atomic E-state index is -0.555. The molecule has 2 heterocycles. The number of amides is 2. The summed E-state index contributed by atoms with van der Waals surface area (Å²) in [4.78, 5) is 43.3. The fraction of sp³-hybridized carbons (Fsp3) is 0.182. The summed E-state index contributed by atoms with van der Waals surface area (Å²) in [6.07, 6.45) is 0.832. The van der Waals surface area contributed by atoms with Crippen LogP contribution in [0.25, 0.3) is 0 Å². The zero-order valence-electron chi connectivity index (χ0n) is 15.8. The minimum Gasteiger partial charge on any atom is -0.456 e. The Kier molecular flexibility index (Phi) is 5.22. The Bertz CT molecular complexity index is 1090. The van der Waals surface area contributed by atoms with E-state index in [-0.39, 0.29) is 30.2 Å². The summed E-state index contributed by atoms with van der Waals surface area (Å²) in [5, 5.41) is 2.84. The number of esters is 1. The van der Waals surface area contributed by atoms with Gasteiger partial charge in [-0.25, -0.2) is 9.78 Å². The molecule has 2 amide bonds. The molecule has 0 bridgehead atoms. The van der Waals surface area contributed by atoms with Crippen molar-refractivity contribution >= 4 is 29.1 Å². The summed E-state index contributed by atoms with van der Waals surface area (Å²) < 4.78 is 5.31. The number of rotatable bonds is 6. The van der Waals surface area contributed by atoms with Gasteiger partial charge in [-0.1, -0.05) is 37.3 Å². The van der Waals surface area contributed by atoms with Crippen LogP contribution in [0.3, 0.4) is 0 Å². The molecule has 0 radical (unpaired) electrons. The number of imide groups is 1. The number of nitrogens with zero attached hydrogens (tertiary/aromatic N) is 2. The van der Waals surface area contributed by atoms with E-state index in [1.54, 1.807) is 0 Å². The van der Waals surface area contributed by atoms with E-state index in [0.29, 0.717) is 11.3 Å². The number of ether oxygens (including phenoxy) is 1. The van der Waals surface area contributed by atoms with E-state index in [4.69, 9.17) is 4.74 Å². The van der Waals surface area contributed by atoms with Crippen LogP contribution in [-0.4, -0.2) is 27.7 Å². The zero-order chi connectivity index (χ0) is 20.4. The lowest BCUT2D eigenvalue weighted by atomic mass is 10.1. The third-order valence-corrected chi connectivity index (χ3v) is 5.68. The topological polar surface area (TPSA) is 76.6 Å².